The molecule has 0 amide bonds. The van der Waals surface area contributed by atoms with Gasteiger partial charge in [-0.3, -0.25) is 0 Å². The van der Waals surface area contributed by atoms with E-state index in [1.165, 1.54) is 11.3 Å². The average Bonchev–Trinajstić information content (AvgIpc) is 2.25. The Kier molecular flexibility index (Phi) is 4.56. The number of nitrogens with zero attached hydrogens (tertiary/aromatic N) is 1. The van der Waals surface area contributed by atoms with Gasteiger partial charge in [0.1, 0.15) is 0 Å². The van der Waals surface area contributed by atoms with Crippen LogP contribution in [-0.2, 0) is 0 Å². The van der Waals surface area contributed by atoms with Crippen molar-refractivity contribution >= 4 is 5.69 Å². The summed E-state index contributed by atoms with van der Waals surface area (Å²) in [6.07, 6.45) is 0. The lowest BCUT2D eigenvalue weighted by molar-refractivity contribution is 0.621. The van der Waals surface area contributed by atoms with Gasteiger partial charge in [-0.1, -0.05) is 31.2 Å². The lowest BCUT2D eigenvalue weighted by Crippen LogP contribution is -2.21. The maximum Gasteiger partial charge on any atom is 0.0530 e. The molecule has 0 saturated carbocycles. The van der Waals surface area contributed by atoms with Crippen LogP contribution >= 0.6 is 0 Å². The standard InChI is InChI=1S/C14H22N2/c1-6-15-14(11(2)3)12-7-9-13(10-8-12)16(4)5/h7-10,14-15H,2,6H2,1,3-5H3. The zero-order valence-corrected chi connectivity index (χ0v) is 10.7. The van der Waals surface area contributed by atoms with E-state index in [0.717, 1.165) is 12.1 Å². The predicted molar refractivity (Wildman–Crippen MR) is 72.0 cm³/mol. The Bertz CT molecular complexity index is 338. The van der Waals surface area contributed by atoms with Gasteiger partial charge in [0.05, 0.1) is 6.04 Å². The number of benzene rings is 1. The molecule has 0 radical (unpaired) electrons. The van der Waals surface area contributed by atoms with Gasteiger partial charge in [-0.05, 0) is 31.2 Å². The molecule has 0 spiro atoms. The van der Waals surface area contributed by atoms with E-state index < -0.39 is 0 Å². The van der Waals surface area contributed by atoms with Crippen LogP contribution in [0.25, 0.3) is 0 Å². The van der Waals surface area contributed by atoms with Gasteiger partial charge in [0.2, 0.25) is 0 Å². The number of nitrogens with one attached hydrogen (secondary N) is 1. The largest absolute Gasteiger partial charge is 0.378 e. The van der Waals surface area contributed by atoms with Gasteiger partial charge in [0.15, 0.2) is 0 Å². The van der Waals surface area contributed by atoms with Crippen molar-refractivity contribution in [3.8, 4) is 0 Å². The predicted octanol–water partition coefficient (Wildman–Crippen LogP) is 2.98. The normalized spacial score (nSPS) is 12.2. The minimum absolute atomic E-state index is 0.265. The van der Waals surface area contributed by atoms with Crippen molar-refractivity contribution in [2.24, 2.45) is 0 Å². The molecule has 1 unspecified atom stereocenters. The number of hydrogen-bond acceptors (Lipinski definition) is 2. The molecule has 1 atom stereocenters. The molecule has 16 heavy (non-hydrogen) atoms. The zero-order chi connectivity index (χ0) is 12.1. The second kappa shape index (κ2) is 5.71. The molecular formula is C14H22N2. The fourth-order valence-corrected chi connectivity index (χ4v) is 1.75. The third kappa shape index (κ3) is 3.11. The second-order valence-corrected chi connectivity index (χ2v) is 4.32. The van der Waals surface area contributed by atoms with Crippen LogP contribution in [0, 0.1) is 0 Å². The van der Waals surface area contributed by atoms with Gasteiger partial charge in [-0.15, -0.1) is 0 Å². The molecule has 2 nitrogen and oxygen atoms in total. The van der Waals surface area contributed by atoms with Crippen LogP contribution in [-0.4, -0.2) is 20.6 Å². The molecule has 1 aromatic rings. The summed E-state index contributed by atoms with van der Waals surface area (Å²) in [5.41, 5.74) is 3.65. The quantitative estimate of drug-likeness (QED) is 0.764. The van der Waals surface area contributed by atoms with Gasteiger partial charge in [-0.2, -0.15) is 0 Å². The molecule has 0 aliphatic carbocycles. The molecule has 0 heterocycles. The number of rotatable bonds is 5. The van der Waals surface area contributed by atoms with E-state index in [1.807, 2.05) is 0 Å². The third-order valence-corrected chi connectivity index (χ3v) is 2.64. The minimum atomic E-state index is 0.265. The van der Waals surface area contributed by atoms with Crippen molar-refractivity contribution in [1.29, 1.82) is 0 Å². The van der Waals surface area contributed by atoms with Gasteiger partial charge >= 0.3 is 0 Å². The Labute approximate surface area is 99.0 Å². The first-order valence-corrected chi connectivity index (χ1v) is 5.72. The molecule has 2 heteroatoms. The minimum Gasteiger partial charge on any atom is -0.378 e. The van der Waals surface area contributed by atoms with E-state index in [2.05, 4.69) is 69.0 Å². The summed E-state index contributed by atoms with van der Waals surface area (Å²) in [5.74, 6) is 0. The maximum absolute atomic E-state index is 4.04. The first-order valence-electron chi connectivity index (χ1n) is 5.72. The molecule has 88 valence electrons. The van der Waals surface area contributed by atoms with E-state index in [4.69, 9.17) is 0 Å². The van der Waals surface area contributed by atoms with Crippen LogP contribution in [0.5, 0.6) is 0 Å². The molecule has 0 bridgehead atoms. The van der Waals surface area contributed by atoms with Crippen LogP contribution in [0.15, 0.2) is 36.4 Å². The average molecular weight is 218 g/mol. The molecule has 0 aliphatic heterocycles. The smallest absolute Gasteiger partial charge is 0.0530 e. The summed E-state index contributed by atoms with van der Waals surface area (Å²) in [6, 6.07) is 8.88. The van der Waals surface area contributed by atoms with Gasteiger partial charge < -0.3 is 10.2 Å². The highest BCUT2D eigenvalue weighted by Crippen LogP contribution is 2.22. The Morgan fingerprint density at radius 1 is 1.31 bits per heavy atom. The molecule has 0 aliphatic rings. The highest BCUT2D eigenvalue weighted by molar-refractivity contribution is 5.47. The maximum atomic E-state index is 4.04. The van der Waals surface area contributed by atoms with Crippen LogP contribution in [0.4, 0.5) is 5.69 Å². The first-order chi connectivity index (χ1) is 7.56. The van der Waals surface area contributed by atoms with E-state index in [0.29, 0.717) is 0 Å². The van der Waals surface area contributed by atoms with Crippen LogP contribution in [0.1, 0.15) is 25.5 Å². The van der Waals surface area contributed by atoms with E-state index in [-0.39, 0.29) is 6.04 Å². The lowest BCUT2D eigenvalue weighted by Gasteiger charge is -2.20. The Balaban J connectivity index is 2.89. The summed E-state index contributed by atoms with van der Waals surface area (Å²) in [5, 5.41) is 3.43. The summed E-state index contributed by atoms with van der Waals surface area (Å²) >= 11 is 0. The molecule has 0 fully saturated rings. The Morgan fingerprint density at radius 2 is 1.88 bits per heavy atom. The van der Waals surface area contributed by atoms with Crippen LogP contribution in [0.2, 0.25) is 0 Å². The molecule has 1 N–H and O–H groups in total. The number of anilines is 1. The molecule has 0 saturated heterocycles. The van der Waals surface area contributed by atoms with Gasteiger partial charge in [-0.25, -0.2) is 0 Å². The van der Waals surface area contributed by atoms with E-state index in [1.54, 1.807) is 0 Å². The summed E-state index contributed by atoms with van der Waals surface area (Å²) in [6.45, 7) is 9.16. The van der Waals surface area contributed by atoms with Gasteiger partial charge in [0.25, 0.3) is 0 Å². The lowest BCUT2D eigenvalue weighted by atomic mass is 10.0. The first kappa shape index (κ1) is 12.8. The van der Waals surface area contributed by atoms with Crippen molar-refractivity contribution in [1.82, 2.24) is 5.32 Å². The number of likely N-dealkylation sites (N-methyl/N-ethyl adjacent to an activating group) is 1. The summed E-state index contributed by atoms with van der Waals surface area (Å²) < 4.78 is 0. The van der Waals surface area contributed by atoms with Crippen molar-refractivity contribution in [3.05, 3.63) is 42.0 Å². The molecule has 1 rings (SSSR count). The summed E-state index contributed by atoms with van der Waals surface area (Å²) in [7, 11) is 4.10. The molecule has 1 aromatic carbocycles. The Morgan fingerprint density at radius 3 is 2.25 bits per heavy atom. The third-order valence-electron chi connectivity index (χ3n) is 2.64. The van der Waals surface area contributed by atoms with Crippen molar-refractivity contribution in [2.45, 2.75) is 19.9 Å². The zero-order valence-electron chi connectivity index (χ0n) is 10.7. The molecular weight excluding hydrogens is 196 g/mol. The van der Waals surface area contributed by atoms with Crippen LogP contribution in [0.3, 0.4) is 0 Å². The van der Waals surface area contributed by atoms with E-state index in [9.17, 15) is 0 Å². The summed E-state index contributed by atoms with van der Waals surface area (Å²) in [4.78, 5) is 2.10. The van der Waals surface area contributed by atoms with Crippen molar-refractivity contribution in [3.63, 3.8) is 0 Å². The Hall–Kier alpha value is -1.28. The van der Waals surface area contributed by atoms with Crippen LogP contribution < -0.4 is 10.2 Å². The molecule has 0 aromatic heterocycles. The van der Waals surface area contributed by atoms with Crippen molar-refractivity contribution < 1.29 is 0 Å². The van der Waals surface area contributed by atoms with E-state index >= 15 is 0 Å². The highest BCUT2D eigenvalue weighted by Gasteiger charge is 2.10. The monoisotopic (exact) mass is 218 g/mol. The SMILES string of the molecule is C=C(C)C(NCC)c1ccc(N(C)C)cc1. The fourth-order valence-electron chi connectivity index (χ4n) is 1.75. The number of hydrogen-bond donors (Lipinski definition) is 1. The fraction of sp³-hybridized carbons (Fsp3) is 0.429. The topological polar surface area (TPSA) is 15.3 Å². The van der Waals surface area contributed by atoms with Crippen molar-refractivity contribution in [2.75, 3.05) is 25.5 Å². The highest BCUT2D eigenvalue weighted by atomic mass is 15.1. The second-order valence-electron chi connectivity index (χ2n) is 4.32. The van der Waals surface area contributed by atoms with Gasteiger partial charge in [0, 0.05) is 19.8 Å².